The quantitative estimate of drug-likeness (QED) is 0.750. The first kappa shape index (κ1) is 22.3. The first-order valence-corrected chi connectivity index (χ1v) is 11.3. The van der Waals surface area contributed by atoms with Crippen molar-refractivity contribution in [3.8, 4) is 11.5 Å². The number of fused-ring (bicyclic) bond motifs is 1. The minimum absolute atomic E-state index is 0.0324. The molecule has 1 N–H and O–H groups in total. The van der Waals surface area contributed by atoms with Gasteiger partial charge in [-0.1, -0.05) is 23.7 Å². The van der Waals surface area contributed by atoms with Crippen LogP contribution in [0.5, 0.6) is 11.5 Å². The van der Waals surface area contributed by atoms with Crippen molar-refractivity contribution in [3.63, 3.8) is 0 Å². The topological polar surface area (TPSA) is 71.1 Å². The summed E-state index contributed by atoms with van der Waals surface area (Å²) in [6.07, 6.45) is 1.18. The van der Waals surface area contributed by atoms with Crippen molar-refractivity contribution in [2.24, 2.45) is 5.92 Å². The highest BCUT2D eigenvalue weighted by molar-refractivity contribution is 6.31. The molecule has 7 nitrogen and oxygen atoms in total. The molecule has 2 aromatic rings. The highest BCUT2D eigenvalue weighted by Gasteiger charge is 2.34. The van der Waals surface area contributed by atoms with Gasteiger partial charge in [0.05, 0.1) is 19.3 Å². The Morgan fingerprint density at radius 3 is 2.56 bits per heavy atom. The molecule has 1 fully saturated rings. The van der Waals surface area contributed by atoms with Crippen molar-refractivity contribution >= 4 is 29.2 Å². The van der Waals surface area contributed by atoms with Crippen LogP contribution >= 0.6 is 11.6 Å². The number of rotatable bonds is 4. The number of benzene rings is 2. The molecule has 0 radical (unpaired) electrons. The lowest BCUT2D eigenvalue weighted by Crippen LogP contribution is -2.52. The van der Waals surface area contributed by atoms with E-state index < -0.39 is 0 Å². The molecule has 2 heterocycles. The molecule has 2 aromatic carbocycles. The summed E-state index contributed by atoms with van der Waals surface area (Å²) >= 11 is 6.15. The minimum atomic E-state index is -0.103. The van der Waals surface area contributed by atoms with E-state index in [1.54, 1.807) is 30.2 Å². The minimum Gasteiger partial charge on any atom is -0.497 e. The third-order valence-electron chi connectivity index (χ3n) is 5.97. The second-order valence-electron chi connectivity index (χ2n) is 8.26. The first-order chi connectivity index (χ1) is 15.4. The number of piperidine rings is 1. The van der Waals surface area contributed by atoms with Crippen LogP contribution in [-0.2, 0) is 11.3 Å². The number of likely N-dealkylation sites (tertiary alicyclic amines) is 1. The molecular weight excluding hydrogens is 430 g/mol. The smallest absolute Gasteiger partial charge is 0.324 e. The number of anilines is 1. The van der Waals surface area contributed by atoms with Crippen LogP contribution in [0, 0.1) is 5.92 Å². The lowest BCUT2D eigenvalue weighted by atomic mass is 9.96. The summed E-state index contributed by atoms with van der Waals surface area (Å²) < 4.78 is 11.0. The summed E-state index contributed by atoms with van der Waals surface area (Å²) in [7, 11) is 1.63. The number of nitrogens with zero attached hydrogens (tertiary/aromatic N) is 2. The molecule has 32 heavy (non-hydrogen) atoms. The predicted molar refractivity (Wildman–Crippen MR) is 123 cm³/mol. The van der Waals surface area contributed by atoms with Crippen molar-refractivity contribution in [2.45, 2.75) is 32.4 Å². The summed E-state index contributed by atoms with van der Waals surface area (Å²) in [6, 6.07) is 12.9. The van der Waals surface area contributed by atoms with Gasteiger partial charge in [-0.2, -0.15) is 0 Å². The standard InChI is InChI=1S/C24H28ClN3O4/c1-16-15-28(21-13-19(25)5-8-22(21)32-16)24(30)27-11-9-18(10-12-27)23(29)26-14-17-3-6-20(31-2)7-4-17/h3-8,13,16,18H,9-12,14-15H2,1-2H3,(H,26,29)/t16-/m0/s1. The molecule has 8 heteroatoms. The number of carbonyl (C=O) groups excluding carboxylic acids is 2. The Kier molecular flexibility index (Phi) is 6.74. The van der Waals surface area contributed by atoms with Gasteiger partial charge in [-0.25, -0.2) is 4.79 Å². The predicted octanol–water partition coefficient (Wildman–Crippen LogP) is 4.08. The summed E-state index contributed by atoms with van der Waals surface area (Å²) in [5.41, 5.74) is 1.71. The summed E-state index contributed by atoms with van der Waals surface area (Å²) in [5.74, 6) is 1.39. The molecule has 1 saturated heterocycles. The fourth-order valence-corrected chi connectivity index (χ4v) is 4.34. The van der Waals surface area contributed by atoms with Crippen molar-refractivity contribution in [2.75, 3.05) is 31.6 Å². The Morgan fingerprint density at radius 1 is 1.16 bits per heavy atom. The molecule has 2 aliphatic heterocycles. The van der Waals surface area contributed by atoms with E-state index in [0.29, 0.717) is 55.5 Å². The molecule has 0 bridgehead atoms. The van der Waals surface area contributed by atoms with Gasteiger partial charge in [-0.3, -0.25) is 9.69 Å². The van der Waals surface area contributed by atoms with Crippen molar-refractivity contribution in [3.05, 3.63) is 53.1 Å². The van der Waals surface area contributed by atoms with Crippen LogP contribution < -0.4 is 19.7 Å². The number of urea groups is 1. The van der Waals surface area contributed by atoms with Crippen molar-refractivity contribution in [1.29, 1.82) is 0 Å². The number of halogens is 1. The summed E-state index contributed by atoms with van der Waals surface area (Å²) in [6.45, 7) is 3.97. The molecule has 0 unspecified atom stereocenters. The van der Waals surface area contributed by atoms with Gasteiger partial charge in [0.1, 0.15) is 17.6 Å². The molecule has 1 atom stereocenters. The van der Waals surface area contributed by atoms with E-state index in [0.717, 1.165) is 11.3 Å². The molecular formula is C24H28ClN3O4. The molecule has 0 saturated carbocycles. The van der Waals surface area contributed by atoms with Gasteiger partial charge in [-0.15, -0.1) is 0 Å². The normalized spacial score (nSPS) is 18.5. The largest absolute Gasteiger partial charge is 0.497 e. The van der Waals surface area contributed by atoms with E-state index in [1.807, 2.05) is 36.1 Å². The number of carbonyl (C=O) groups is 2. The van der Waals surface area contributed by atoms with Crippen LogP contribution in [0.3, 0.4) is 0 Å². The Bertz CT molecular complexity index is 974. The maximum Gasteiger partial charge on any atom is 0.324 e. The van der Waals surface area contributed by atoms with Gasteiger partial charge in [0.15, 0.2) is 0 Å². The average Bonchev–Trinajstić information content (AvgIpc) is 2.82. The molecule has 0 spiro atoms. The molecule has 0 aromatic heterocycles. The number of methoxy groups -OCH3 is 1. The van der Waals surface area contributed by atoms with Crippen LogP contribution in [0.25, 0.3) is 0 Å². The van der Waals surface area contributed by atoms with Gasteiger partial charge in [-0.05, 0) is 55.7 Å². The van der Waals surface area contributed by atoms with E-state index in [2.05, 4.69) is 5.32 Å². The number of hydrogen-bond donors (Lipinski definition) is 1. The second kappa shape index (κ2) is 9.69. The van der Waals surface area contributed by atoms with E-state index in [-0.39, 0.29) is 24.0 Å². The van der Waals surface area contributed by atoms with E-state index in [4.69, 9.17) is 21.1 Å². The number of hydrogen-bond acceptors (Lipinski definition) is 4. The van der Waals surface area contributed by atoms with Gasteiger partial charge in [0.2, 0.25) is 5.91 Å². The molecule has 3 amide bonds. The van der Waals surface area contributed by atoms with Crippen LogP contribution in [-0.4, -0.2) is 49.7 Å². The lowest BCUT2D eigenvalue weighted by Gasteiger charge is -2.39. The molecule has 4 rings (SSSR count). The third-order valence-corrected chi connectivity index (χ3v) is 6.21. The van der Waals surface area contributed by atoms with E-state index >= 15 is 0 Å². The van der Waals surface area contributed by atoms with Crippen LogP contribution in [0.15, 0.2) is 42.5 Å². The lowest BCUT2D eigenvalue weighted by molar-refractivity contribution is -0.126. The zero-order chi connectivity index (χ0) is 22.7. The Hall–Kier alpha value is -2.93. The van der Waals surface area contributed by atoms with Gasteiger partial charge < -0.3 is 19.7 Å². The van der Waals surface area contributed by atoms with Gasteiger partial charge in [0.25, 0.3) is 0 Å². The Labute approximate surface area is 193 Å². The Balaban J connectivity index is 1.32. The van der Waals surface area contributed by atoms with Crippen molar-refractivity contribution < 1.29 is 19.1 Å². The van der Waals surface area contributed by atoms with E-state index in [9.17, 15) is 9.59 Å². The van der Waals surface area contributed by atoms with E-state index in [1.165, 1.54) is 0 Å². The second-order valence-corrected chi connectivity index (χ2v) is 8.70. The monoisotopic (exact) mass is 457 g/mol. The zero-order valence-electron chi connectivity index (χ0n) is 18.3. The fraction of sp³-hybridized carbons (Fsp3) is 0.417. The maximum absolute atomic E-state index is 13.3. The van der Waals surface area contributed by atoms with Crippen molar-refractivity contribution in [1.82, 2.24) is 10.2 Å². The SMILES string of the molecule is COc1ccc(CNC(=O)C2CCN(C(=O)N3C[C@H](C)Oc4ccc(Cl)cc43)CC2)cc1. The molecule has 2 aliphatic rings. The maximum atomic E-state index is 13.3. The van der Waals surface area contributed by atoms with Gasteiger partial charge >= 0.3 is 6.03 Å². The van der Waals surface area contributed by atoms with Gasteiger partial charge in [0, 0.05) is 30.6 Å². The number of ether oxygens (including phenoxy) is 2. The van der Waals surface area contributed by atoms with Crippen LogP contribution in [0.1, 0.15) is 25.3 Å². The molecule has 0 aliphatic carbocycles. The highest BCUT2D eigenvalue weighted by atomic mass is 35.5. The molecule has 170 valence electrons. The Morgan fingerprint density at radius 2 is 1.88 bits per heavy atom. The highest BCUT2D eigenvalue weighted by Crippen LogP contribution is 2.36. The first-order valence-electron chi connectivity index (χ1n) is 10.9. The fourth-order valence-electron chi connectivity index (χ4n) is 4.17. The summed E-state index contributed by atoms with van der Waals surface area (Å²) in [5, 5.41) is 3.58. The van der Waals surface area contributed by atoms with Crippen LogP contribution in [0.2, 0.25) is 5.02 Å². The van der Waals surface area contributed by atoms with Crippen LogP contribution in [0.4, 0.5) is 10.5 Å². The number of nitrogens with one attached hydrogen (secondary N) is 1. The number of amides is 3. The average molecular weight is 458 g/mol. The summed E-state index contributed by atoms with van der Waals surface area (Å²) in [4.78, 5) is 29.4. The zero-order valence-corrected chi connectivity index (χ0v) is 19.1. The third kappa shape index (κ3) is 4.93.